The molecule has 5 nitrogen and oxygen atoms in total. The molecular weight excluding hydrogens is 228 g/mol. The van der Waals surface area contributed by atoms with E-state index < -0.39 is 0 Å². The van der Waals surface area contributed by atoms with Gasteiger partial charge in [-0.25, -0.2) is 4.98 Å². The highest BCUT2D eigenvalue weighted by Gasteiger charge is 2.28. The summed E-state index contributed by atoms with van der Waals surface area (Å²) in [6, 6.07) is 0.0642. The van der Waals surface area contributed by atoms with E-state index in [0.717, 1.165) is 31.9 Å². The molecule has 5 heteroatoms. The van der Waals surface area contributed by atoms with E-state index in [1.54, 1.807) is 0 Å². The number of hydrogen-bond donors (Lipinski definition) is 2. The summed E-state index contributed by atoms with van der Waals surface area (Å²) in [7, 11) is 0. The van der Waals surface area contributed by atoms with Crippen LogP contribution in [0.15, 0.2) is 12.4 Å². The molecule has 2 atom stereocenters. The normalized spacial score (nSPS) is 19.8. The molecule has 0 amide bonds. The molecular formula is C13H24N4O. The molecule has 0 saturated heterocycles. The lowest BCUT2D eigenvalue weighted by Gasteiger charge is -2.37. The fourth-order valence-electron chi connectivity index (χ4n) is 2.70. The first-order chi connectivity index (χ1) is 8.61. The first kappa shape index (κ1) is 13.5. The molecule has 2 unspecified atom stereocenters. The number of nitrogens with zero attached hydrogens (tertiary/aromatic N) is 3. The predicted octanol–water partition coefficient (Wildman–Crippen LogP) is 0.433. The molecule has 3 N–H and O–H groups in total. The van der Waals surface area contributed by atoms with Gasteiger partial charge in [0, 0.05) is 37.6 Å². The minimum Gasteiger partial charge on any atom is -0.395 e. The van der Waals surface area contributed by atoms with Crippen molar-refractivity contribution in [1.29, 1.82) is 0 Å². The predicted molar refractivity (Wildman–Crippen MR) is 70.9 cm³/mol. The molecule has 0 bridgehead atoms. The third kappa shape index (κ3) is 2.91. The second-order valence-corrected chi connectivity index (χ2v) is 5.55. The van der Waals surface area contributed by atoms with Crippen LogP contribution in [0, 0.1) is 5.92 Å². The second kappa shape index (κ2) is 5.82. The molecule has 2 heterocycles. The number of hydrogen-bond acceptors (Lipinski definition) is 4. The molecule has 0 aromatic carbocycles. The molecule has 0 aliphatic carbocycles. The van der Waals surface area contributed by atoms with Crippen LogP contribution in [0.25, 0.3) is 0 Å². The van der Waals surface area contributed by atoms with Crippen molar-refractivity contribution in [2.24, 2.45) is 11.7 Å². The van der Waals surface area contributed by atoms with E-state index >= 15 is 0 Å². The van der Waals surface area contributed by atoms with Crippen molar-refractivity contribution in [2.75, 3.05) is 13.2 Å². The summed E-state index contributed by atoms with van der Waals surface area (Å²) >= 11 is 0. The summed E-state index contributed by atoms with van der Waals surface area (Å²) in [6.45, 7) is 7.09. The Morgan fingerprint density at radius 1 is 1.44 bits per heavy atom. The maximum atomic E-state index is 9.61. The zero-order valence-electron chi connectivity index (χ0n) is 11.3. The number of rotatable bonds is 5. The first-order valence-electron chi connectivity index (χ1n) is 6.72. The number of aromatic nitrogens is 2. The SMILES string of the molecule is CC(C)CC(N)C(CO)N1CCn2ccnc2C1. The van der Waals surface area contributed by atoms with Gasteiger partial charge in [-0.15, -0.1) is 0 Å². The van der Waals surface area contributed by atoms with Gasteiger partial charge in [-0.3, -0.25) is 4.90 Å². The molecule has 18 heavy (non-hydrogen) atoms. The third-order valence-corrected chi connectivity index (χ3v) is 3.67. The van der Waals surface area contributed by atoms with Crippen LogP contribution in [0.5, 0.6) is 0 Å². The Hall–Kier alpha value is -0.910. The van der Waals surface area contributed by atoms with Gasteiger partial charge in [0.25, 0.3) is 0 Å². The lowest BCUT2D eigenvalue weighted by atomic mass is 9.97. The number of fused-ring (bicyclic) bond motifs is 1. The van der Waals surface area contributed by atoms with Gasteiger partial charge >= 0.3 is 0 Å². The Morgan fingerprint density at radius 2 is 2.22 bits per heavy atom. The fourth-order valence-corrected chi connectivity index (χ4v) is 2.70. The average Bonchev–Trinajstić information content (AvgIpc) is 2.76. The zero-order chi connectivity index (χ0) is 13.1. The van der Waals surface area contributed by atoms with Crippen LogP contribution >= 0.6 is 0 Å². The van der Waals surface area contributed by atoms with E-state index in [1.807, 2.05) is 12.4 Å². The Kier molecular flexibility index (Phi) is 4.37. The molecule has 102 valence electrons. The van der Waals surface area contributed by atoms with Crippen LogP contribution in [-0.4, -0.2) is 44.8 Å². The Balaban J connectivity index is 2.01. The van der Waals surface area contributed by atoms with Crippen LogP contribution < -0.4 is 5.73 Å². The van der Waals surface area contributed by atoms with E-state index in [4.69, 9.17) is 5.73 Å². The maximum Gasteiger partial charge on any atom is 0.122 e. The molecule has 0 saturated carbocycles. The van der Waals surface area contributed by atoms with Gasteiger partial charge in [0.05, 0.1) is 13.2 Å². The van der Waals surface area contributed by atoms with E-state index in [9.17, 15) is 5.11 Å². The van der Waals surface area contributed by atoms with Crippen LogP contribution in [-0.2, 0) is 13.1 Å². The monoisotopic (exact) mass is 252 g/mol. The van der Waals surface area contributed by atoms with Crippen molar-refractivity contribution in [1.82, 2.24) is 14.5 Å². The molecule has 1 aliphatic rings. The molecule has 0 fully saturated rings. The van der Waals surface area contributed by atoms with Crippen molar-refractivity contribution in [3.8, 4) is 0 Å². The quantitative estimate of drug-likeness (QED) is 0.797. The topological polar surface area (TPSA) is 67.3 Å². The highest BCUT2D eigenvalue weighted by molar-refractivity contribution is 4.97. The van der Waals surface area contributed by atoms with Crippen LogP contribution in [0.1, 0.15) is 26.1 Å². The van der Waals surface area contributed by atoms with Gasteiger partial charge in [-0.2, -0.15) is 0 Å². The van der Waals surface area contributed by atoms with E-state index in [0.29, 0.717) is 5.92 Å². The van der Waals surface area contributed by atoms with Gasteiger partial charge in [0.15, 0.2) is 0 Å². The fraction of sp³-hybridized carbons (Fsp3) is 0.769. The highest BCUT2D eigenvalue weighted by Crippen LogP contribution is 2.17. The Labute approximate surface area is 109 Å². The van der Waals surface area contributed by atoms with Gasteiger partial charge < -0.3 is 15.4 Å². The van der Waals surface area contributed by atoms with Crippen LogP contribution in [0.3, 0.4) is 0 Å². The van der Waals surface area contributed by atoms with Crippen LogP contribution in [0.4, 0.5) is 0 Å². The van der Waals surface area contributed by atoms with Crippen molar-refractivity contribution in [2.45, 2.75) is 45.4 Å². The minimum atomic E-state index is 0.0245. The van der Waals surface area contributed by atoms with Crippen LogP contribution in [0.2, 0.25) is 0 Å². The van der Waals surface area contributed by atoms with E-state index in [2.05, 4.69) is 28.3 Å². The summed E-state index contributed by atoms with van der Waals surface area (Å²) in [6.07, 6.45) is 4.78. The number of nitrogens with two attached hydrogens (primary N) is 1. The van der Waals surface area contributed by atoms with Crippen molar-refractivity contribution in [3.63, 3.8) is 0 Å². The number of aliphatic hydroxyl groups is 1. The number of imidazole rings is 1. The maximum absolute atomic E-state index is 9.61. The molecule has 0 radical (unpaired) electrons. The smallest absolute Gasteiger partial charge is 0.122 e. The summed E-state index contributed by atoms with van der Waals surface area (Å²) in [5.41, 5.74) is 6.23. The molecule has 1 aromatic rings. The van der Waals surface area contributed by atoms with E-state index in [-0.39, 0.29) is 18.7 Å². The molecule has 1 aliphatic heterocycles. The minimum absolute atomic E-state index is 0.0245. The van der Waals surface area contributed by atoms with Gasteiger partial charge in [-0.05, 0) is 12.3 Å². The largest absolute Gasteiger partial charge is 0.395 e. The molecule has 2 rings (SSSR count). The molecule has 1 aromatic heterocycles. The average molecular weight is 252 g/mol. The van der Waals surface area contributed by atoms with E-state index in [1.165, 1.54) is 0 Å². The lowest BCUT2D eigenvalue weighted by Crippen LogP contribution is -2.52. The standard InChI is InChI=1S/C13H24N4O/c1-10(2)7-11(14)12(9-18)17-6-5-16-4-3-15-13(16)8-17/h3-4,10-12,18H,5-9,14H2,1-2H3. The van der Waals surface area contributed by atoms with Crippen molar-refractivity contribution in [3.05, 3.63) is 18.2 Å². The lowest BCUT2D eigenvalue weighted by molar-refractivity contribution is 0.0748. The summed E-state index contributed by atoms with van der Waals surface area (Å²) in [4.78, 5) is 6.60. The van der Waals surface area contributed by atoms with Gasteiger partial charge in [0.2, 0.25) is 0 Å². The number of aliphatic hydroxyl groups excluding tert-OH is 1. The first-order valence-corrected chi connectivity index (χ1v) is 6.72. The Morgan fingerprint density at radius 3 is 2.89 bits per heavy atom. The van der Waals surface area contributed by atoms with Gasteiger partial charge in [-0.1, -0.05) is 13.8 Å². The zero-order valence-corrected chi connectivity index (χ0v) is 11.3. The summed E-state index contributed by atoms with van der Waals surface area (Å²) < 4.78 is 2.17. The van der Waals surface area contributed by atoms with Crippen molar-refractivity contribution >= 4 is 0 Å². The molecule has 0 spiro atoms. The summed E-state index contributed by atoms with van der Waals surface area (Å²) in [5, 5.41) is 9.61. The van der Waals surface area contributed by atoms with Gasteiger partial charge in [0.1, 0.15) is 5.82 Å². The highest BCUT2D eigenvalue weighted by atomic mass is 16.3. The van der Waals surface area contributed by atoms with Crippen molar-refractivity contribution < 1.29 is 5.11 Å². The Bertz CT molecular complexity index is 377. The second-order valence-electron chi connectivity index (χ2n) is 5.55. The third-order valence-electron chi connectivity index (χ3n) is 3.67. The summed E-state index contributed by atoms with van der Waals surface area (Å²) in [5.74, 6) is 1.62.